The van der Waals surface area contributed by atoms with Crippen molar-refractivity contribution in [1.82, 2.24) is 19.7 Å². The molecule has 0 aliphatic heterocycles. The van der Waals surface area contributed by atoms with Crippen LogP contribution >= 0.6 is 0 Å². The molecule has 1 atom stereocenters. The molecule has 1 unspecified atom stereocenters. The Kier molecular flexibility index (Phi) is 3.99. The summed E-state index contributed by atoms with van der Waals surface area (Å²) in [4.78, 5) is 8.16. The predicted octanol–water partition coefficient (Wildman–Crippen LogP) is 1.46. The van der Waals surface area contributed by atoms with E-state index in [-0.39, 0.29) is 11.9 Å². The van der Waals surface area contributed by atoms with Crippen molar-refractivity contribution in [3.05, 3.63) is 42.0 Å². The van der Waals surface area contributed by atoms with Crippen LogP contribution in [0.1, 0.15) is 30.9 Å². The third-order valence-electron chi connectivity index (χ3n) is 2.66. The Bertz CT molecular complexity index is 493. The summed E-state index contributed by atoms with van der Waals surface area (Å²) in [7, 11) is 0. The van der Waals surface area contributed by atoms with Crippen molar-refractivity contribution in [2.24, 2.45) is 5.73 Å². The fourth-order valence-electron chi connectivity index (χ4n) is 1.75. The first-order valence-corrected chi connectivity index (χ1v) is 5.94. The van der Waals surface area contributed by atoms with Crippen LogP contribution in [0.3, 0.4) is 0 Å². The van der Waals surface area contributed by atoms with E-state index in [1.165, 1.54) is 18.6 Å². The van der Waals surface area contributed by atoms with Gasteiger partial charge < -0.3 is 5.73 Å². The van der Waals surface area contributed by atoms with E-state index in [0.717, 1.165) is 18.8 Å². The SMILES string of the molecule is CCCn1ncnc1CC(N)c1ccc(F)cn1. The molecular weight excluding hydrogens is 233 g/mol. The molecule has 2 heterocycles. The molecule has 0 aliphatic carbocycles. The highest BCUT2D eigenvalue weighted by Crippen LogP contribution is 2.12. The lowest BCUT2D eigenvalue weighted by Crippen LogP contribution is -2.18. The number of aryl methyl sites for hydroxylation is 1. The maximum absolute atomic E-state index is 12.8. The molecule has 2 aromatic heterocycles. The summed E-state index contributed by atoms with van der Waals surface area (Å²) in [6, 6.07) is 2.66. The lowest BCUT2D eigenvalue weighted by atomic mass is 10.1. The second-order valence-electron chi connectivity index (χ2n) is 4.11. The van der Waals surface area contributed by atoms with Gasteiger partial charge in [0.15, 0.2) is 0 Å². The van der Waals surface area contributed by atoms with Gasteiger partial charge in [0.1, 0.15) is 18.0 Å². The van der Waals surface area contributed by atoms with Crippen LogP contribution in [0.2, 0.25) is 0 Å². The van der Waals surface area contributed by atoms with E-state index in [1.807, 2.05) is 4.68 Å². The molecule has 0 fully saturated rings. The van der Waals surface area contributed by atoms with E-state index in [2.05, 4.69) is 22.0 Å². The first-order valence-electron chi connectivity index (χ1n) is 5.94. The van der Waals surface area contributed by atoms with Gasteiger partial charge in [-0.1, -0.05) is 6.92 Å². The third kappa shape index (κ3) is 2.89. The molecule has 0 aromatic carbocycles. The molecule has 2 rings (SSSR count). The minimum Gasteiger partial charge on any atom is -0.322 e. The highest BCUT2D eigenvalue weighted by atomic mass is 19.1. The van der Waals surface area contributed by atoms with Gasteiger partial charge >= 0.3 is 0 Å². The minimum atomic E-state index is -0.361. The van der Waals surface area contributed by atoms with Crippen LogP contribution in [-0.2, 0) is 13.0 Å². The van der Waals surface area contributed by atoms with Gasteiger partial charge in [0.25, 0.3) is 0 Å². The average Bonchev–Trinajstić information content (AvgIpc) is 2.78. The molecule has 0 amide bonds. The first kappa shape index (κ1) is 12.6. The second kappa shape index (κ2) is 5.68. The van der Waals surface area contributed by atoms with Crippen LogP contribution in [0.15, 0.2) is 24.7 Å². The van der Waals surface area contributed by atoms with Crippen molar-refractivity contribution < 1.29 is 4.39 Å². The minimum absolute atomic E-state index is 0.301. The summed E-state index contributed by atoms with van der Waals surface area (Å²) in [6.07, 6.45) is 4.22. The van der Waals surface area contributed by atoms with E-state index in [0.29, 0.717) is 12.1 Å². The zero-order valence-corrected chi connectivity index (χ0v) is 10.3. The van der Waals surface area contributed by atoms with Crippen molar-refractivity contribution in [2.75, 3.05) is 0 Å². The molecule has 0 radical (unpaired) electrons. The summed E-state index contributed by atoms with van der Waals surface area (Å²) in [5.41, 5.74) is 6.69. The summed E-state index contributed by atoms with van der Waals surface area (Å²) in [5, 5.41) is 4.14. The van der Waals surface area contributed by atoms with Crippen LogP contribution in [0.5, 0.6) is 0 Å². The molecule has 0 saturated heterocycles. The van der Waals surface area contributed by atoms with Gasteiger partial charge in [0.2, 0.25) is 0 Å². The van der Waals surface area contributed by atoms with E-state index in [4.69, 9.17) is 5.73 Å². The third-order valence-corrected chi connectivity index (χ3v) is 2.66. The number of aromatic nitrogens is 4. The van der Waals surface area contributed by atoms with Gasteiger partial charge in [-0.3, -0.25) is 9.67 Å². The monoisotopic (exact) mass is 249 g/mol. The van der Waals surface area contributed by atoms with Gasteiger partial charge in [-0.05, 0) is 18.6 Å². The number of nitrogens with zero attached hydrogens (tertiary/aromatic N) is 4. The molecule has 6 heteroatoms. The summed E-state index contributed by atoms with van der Waals surface area (Å²) >= 11 is 0. The molecule has 0 bridgehead atoms. The van der Waals surface area contributed by atoms with Crippen LogP contribution in [0.4, 0.5) is 4.39 Å². The fourth-order valence-corrected chi connectivity index (χ4v) is 1.75. The molecule has 0 aliphatic rings. The Morgan fingerprint density at radius 2 is 2.22 bits per heavy atom. The van der Waals surface area contributed by atoms with E-state index in [1.54, 1.807) is 6.07 Å². The first-order chi connectivity index (χ1) is 8.70. The Morgan fingerprint density at radius 1 is 1.39 bits per heavy atom. The van der Waals surface area contributed by atoms with Gasteiger partial charge in [0.05, 0.1) is 17.9 Å². The Morgan fingerprint density at radius 3 is 2.89 bits per heavy atom. The number of pyridine rings is 1. The quantitative estimate of drug-likeness (QED) is 0.871. The lowest BCUT2D eigenvalue weighted by molar-refractivity contribution is 0.543. The molecule has 96 valence electrons. The van der Waals surface area contributed by atoms with Gasteiger partial charge in [0, 0.05) is 13.0 Å². The number of rotatable bonds is 5. The number of hydrogen-bond donors (Lipinski definition) is 1. The van der Waals surface area contributed by atoms with E-state index in [9.17, 15) is 4.39 Å². The van der Waals surface area contributed by atoms with Crippen LogP contribution in [0, 0.1) is 5.82 Å². The Hall–Kier alpha value is -1.82. The molecule has 5 nitrogen and oxygen atoms in total. The van der Waals surface area contributed by atoms with E-state index >= 15 is 0 Å². The van der Waals surface area contributed by atoms with Crippen molar-refractivity contribution >= 4 is 0 Å². The van der Waals surface area contributed by atoms with Gasteiger partial charge in [-0.15, -0.1) is 0 Å². The molecule has 0 spiro atoms. The van der Waals surface area contributed by atoms with Crippen molar-refractivity contribution in [3.63, 3.8) is 0 Å². The lowest BCUT2D eigenvalue weighted by Gasteiger charge is -2.11. The summed E-state index contributed by atoms with van der Waals surface area (Å²) in [6.45, 7) is 2.89. The summed E-state index contributed by atoms with van der Waals surface area (Å²) < 4.78 is 14.6. The van der Waals surface area contributed by atoms with Crippen LogP contribution in [-0.4, -0.2) is 19.7 Å². The highest BCUT2D eigenvalue weighted by molar-refractivity contribution is 5.11. The van der Waals surface area contributed by atoms with Crippen LogP contribution in [0.25, 0.3) is 0 Å². The Balaban J connectivity index is 2.08. The molecule has 2 N–H and O–H groups in total. The van der Waals surface area contributed by atoms with Gasteiger partial charge in [-0.25, -0.2) is 9.37 Å². The molecular formula is C12H16FN5. The number of nitrogens with two attached hydrogens (primary N) is 1. The average molecular weight is 249 g/mol. The van der Waals surface area contributed by atoms with Gasteiger partial charge in [-0.2, -0.15) is 5.10 Å². The molecule has 18 heavy (non-hydrogen) atoms. The normalized spacial score (nSPS) is 12.6. The second-order valence-corrected chi connectivity index (χ2v) is 4.11. The largest absolute Gasteiger partial charge is 0.322 e. The predicted molar refractivity (Wildman–Crippen MR) is 65.1 cm³/mol. The zero-order valence-electron chi connectivity index (χ0n) is 10.3. The van der Waals surface area contributed by atoms with E-state index < -0.39 is 0 Å². The summed E-state index contributed by atoms with van der Waals surface area (Å²) in [5.74, 6) is 0.468. The number of halogens is 1. The standard InChI is InChI=1S/C12H16FN5/c1-2-5-18-12(16-8-17-18)6-10(14)11-4-3-9(13)7-15-11/h3-4,7-8,10H,2,5-6,14H2,1H3. The zero-order chi connectivity index (χ0) is 13.0. The van der Waals surface area contributed by atoms with Crippen molar-refractivity contribution in [1.29, 1.82) is 0 Å². The Labute approximate surface area is 105 Å². The maximum atomic E-state index is 12.8. The number of hydrogen-bond acceptors (Lipinski definition) is 4. The highest BCUT2D eigenvalue weighted by Gasteiger charge is 2.13. The molecule has 0 saturated carbocycles. The maximum Gasteiger partial charge on any atom is 0.141 e. The fraction of sp³-hybridized carbons (Fsp3) is 0.417. The smallest absolute Gasteiger partial charge is 0.141 e. The van der Waals surface area contributed by atoms with Crippen molar-refractivity contribution in [3.8, 4) is 0 Å². The van der Waals surface area contributed by atoms with Crippen molar-refractivity contribution in [2.45, 2.75) is 32.4 Å². The topological polar surface area (TPSA) is 69.6 Å². The molecule has 2 aromatic rings. The van der Waals surface area contributed by atoms with Crippen LogP contribution < -0.4 is 5.73 Å².